The van der Waals surface area contributed by atoms with Crippen molar-refractivity contribution < 1.29 is 9.47 Å². The predicted octanol–water partition coefficient (Wildman–Crippen LogP) is 3.74. The van der Waals surface area contributed by atoms with Crippen LogP contribution in [0.2, 0.25) is 0 Å². The summed E-state index contributed by atoms with van der Waals surface area (Å²) in [5, 5.41) is 3.57. The first-order valence-electron chi connectivity index (χ1n) is 7.68. The molecule has 1 atom stereocenters. The van der Waals surface area contributed by atoms with Crippen LogP contribution < -0.4 is 5.32 Å². The van der Waals surface area contributed by atoms with Gasteiger partial charge in [0.2, 0.25) is 0 Å². The maximum atomic E-state index is 5.81. The van der Waals surface area contributed by atoms with Gasteiger partial charge in [0.15, 0.2) is 6.29 Å². The van der Waals surface area contributed by atoms with E-state index in [4.69, 9.17) is 9.47 Å². The van der Waals surface area contributed by atoms with Crippen LogP contribution in [-0.2, 0) is 9.47 Å². The maximum absolute atomic E-state index is 5.81. The van der Waals surface area contributed by atoms with Gasteiger partial charge in [-0.1, -0.05) is 25.1 Å². The zero-order chi connectivity index (χ0) is 15.0. The summed E-state index contributed by atoms with van der Waals surface area (Å²) < 4.78 is 11.6. The van der Waals surface area contributed by atoms with E-state index in [2.05, 4.69) is 44.3 Å². The van der Waals surface area contributed by atoms with Gasteiger partial charge in [-0.2, -0.15) is 0 Å². The number of nitrogens with one attached hydrogen (secondary N) is 1. The fraction of sp³-hybridized carbons (Fsp3) is 0.647. The average molecular weight is 279 g/mol. The summed E-state index contributed by atoms with van der Waals surface area (Å²) in [6, 6.07) is 6.50. The summed E-state index contributed by atoms with van der Waals surface area (Å²) in [6.45, 7) is 12.8. The first-order chi connectivity index (χ1) is 9.65. The molecule has 0 heterocycles. The molecule has 1 aromatic carbocycles. The van der Waals surface area contributed by atoms with Gasteiger partial charge in [-0.25, -0.2) is 0 Å². The molecule has 0 saturated heterocycles. The van der Waals surface area contributed by atoms with Crippen LogP contribution in [0.3, 0.4) is 0 Å². The van der Waals surface area contributed by atoms with Crippen LogP contribution in [0.15, 0.2) is 18.2 Å². The zero-order valence-corrected chi connectivity index (χ0v) is 13.5. The van der Waals surface area contributed by atoms with Crippen molar-refractivity contribution in [3.05, 3.63) is 34.9 Å². The summed E-state index contributed by atoms with van der Waals surface area (Å²) in [6.07, 6.45) is 0.851. The maximum Gasteiger partial charge on any atom is 0.176 e. The first-order valence-corrected chi connectivity index (χ1v) is 7.68. The molecule has 0 saturated carbocycles. The molecule has 0 aliphatic carbocycles. The van der Waals surface area contributed by atoms with Gasteiger partial charge in [0, 0.05) is 13.2 Å². The molecular formula is C17H29NO2. The Balaban J connectivity index is 3.05. The number of hydrogen-bond acceptors (Lipinski definition) is 3. The van der Waals surface area contributed by atoms with E-state index in [1.165, 1.54) is 16.7 Å². The number of ether oxygens (including phenoxy) is 2. The molecule has 114 valence electrons. The van der Waals surface area contributed by atoms with Crippen molar-refractivity contribution in [1.29, 1.82) is 0 Å². The summed E-state index contributed by atoms with van der Waals surface area (Å²) in [7, 11) is 0. The minimum absolute atomic E-state index is 0.0785. The molecule has 0 fully saturated rings. The van der Waals surface area contributed by atoms with E-state index in [1.54, 1.807) is 0 Å². The monoisotopic (exact) mass is 279 g/mol. The highest BCUT2D eigenvalue weighted by atomic mass is 16.7. The van der Waals surface area contributed by atoms with Gasteiger partial charge in [0.1, 0.15) is 0 Å². The Morgan fingerprint density at radius 1 is 1.05 bits per heavy atom. The molecule has 3 nitrogen and oxygen atoms in total. The molecule has 0 amide bonds. The average Bonchev–Trinajstić information content (AvgIpc) is 2.44. The molecule has 0 spiro atoms. The predicted molar refractivity (Wildman–Crippen MR) is 84.0 cm³/mol. The van der Waals surface area contributed by atoms with E-state index in [9.17, 15) is 0 Å². The van der Waals surface area contributed by atoms with Gasteiger partial charge in [0.25, 0.3) is 0 Å². The smallest absolute Gasteiger partial charge is 0.176 e. The fourth-order valence-electron chi connectivity index (χ4n) is 2.33. The van der Waals surface area contributed by atoms with Gasteiger partial charge in [-0.15, -0.1) is 0 Å². The van der Waals surface area contributed by atoms with Crippen molar-refractivity contribution in [3.8, 4) is 0 Å². The molecule has 0 radical (unpaired) electrons. The molecule has 1 N–H and O–H groups in total. The molecule has 1 rings (SSSR count). The third kappa shape index (κ3) is 4.58. The molecule has 20 heavy (non-hydrogen) atoms. The standard InChI is InChI=1S/C17H29NO2/c1-6-12-18-16(17(19-7-2)20-8-3)15-11-9-10-13(4)14(15)5/h9-11,16-18H,6-8,12H2,1-5H3. The Hall–Kier alpha value is -0.900. The lowest BCUT2D eigenvalue weighted by atomic mass is 9.97. The topological polar surface area (TPSA) is 30.5 Å². The highest BCUT2D eigenvalue weighted by Gasteiger charge is 2.25. The Kier molecular flexibility index (Phi) is 7.82. The van der Waals surface area contributed by atoms with Crippen molar-refractivity contribution in [1.82, 2.24) is 5.32 Å². The van der Waals surface area contributed by atoms with E-state index >= 15 is 0 Å². The minimum atomic E-state index is -0.239. The Morgan fingerprint density at radius 3 is 2.25 bits per heavy atom. The number of benzene rings is 1. The molecule has 0 aliphatic heterocycles. The molecular weight excluding hydrogens is 250 g/mol. The summed E-state index contributed by atoms with van der Waals surface area (Å²) in [4.78, 5) is 0. The quantitative estimate of drug-likeness (QED) is 0.698. The van der Waals surface area contributed by atoms with Gasteiger partial charge in [0.05, 0.1) is 6.04 Å². The largest absolute Gasteiger partial charge is 0.351 e. The Morgan fingerprint density at radius 2 is 1.70 bits per heavy atom. The van der Waals surface area contributed by atoms with Crippen molar-refractivity contribution in [2.45, 2.75) is 53.4 Å². The second-order valence-electron chi connectivity index (χ2n) is 5.00. The van der Waals surface area contributed by atoms with E-state index in [0.29, 0.717) is 13.2 Å². The van der Waals surface area contributed by atoms with Crippen LogP contribution >= 0.6 is 0 Å². The van der Waals surface area contributed by atoms with Crippen LogP contribution in [0, 0.1) is 13.8 Å². The second-order valence-corrected chi connectivity index (χ2v) is 5.00. The Labute approximate surface area is 123 Å². The molecule has 0 bridgehead atoms. The molecule has 3 heteroatoms. The highest BCUT2D eigenvalue weighted by Crippen LogP contribution is 2.25. The normalized spacial score (nSPS) is 12.9. The van der Waals surface area contributed by atoms with E-state index < -0.39 is 0 Å². The van der Waals surface area contributed by atoms with Gasteiger partial charge in [-0.3, -0.25) is 0 Å². The summed E-state index contributed by atoms with van der Waals surface area (Å²) in [5.74, 6) is 0. The molecule has 1 aromatic rings. The van der Waals surface area contributed by atoms with Crippen LogP contribution in [0.25, 0.3) is 0 Å². The number of hydrogen-bond donors (Lipinski definition) is 1. The number of rotatable bonds is 9. The minimum Gasteiger partial charge on any atom is -0.351 e. The highest BCUT2D eigenvalue weighted by molar-refractivity contribution is 5.35. The second kappa shape index (κ2) is 9.11. The van der Waals surface area contributed by atoms with E-state index in [1.807, 2.05) is 13.8 Å². The first kappa shape index (κ1) is 17.2. The van der Waals surface area contributed by atoms with Crippen LogP contribution in [0.1, 0.15) is 49.9 Å². The van der Waals surface area contributed by atoms with Crippen LogP contribution in [0.4, 0.5) is 0 Å². The van der Waals surface area contributed by atoms with Gasteiger partial charge >= 0.3 is 0 Å². The van der Waals surface area contributed by atoms with Crippen molar-refractivity contribution in [2.75, 3.05) is 19.8 Å². The zero-order valence-electron chi connectivity index (χ0n) is 13.5. The van der Waals surface area contributed by atoms with Crippen molar-refractivity contribution in [2.24, 2.45) is 0 Å². The third-order valence-electron chi connectivity index (χ3n) is 3.53. The lowest BCUT2D eigenvalue weighted by molar-refractivity contribution is -0.155. The van der Waals surface area contributed by atoms with Crippen LogP contribution in [-0.4, -0.2) is 26.0 Å². The molecule has 0 aromatic heterocycles. The SMILES string of the molecule is CCCNC(c1cccc(C)c1C)C(OCC)OCC. The van der Waals surface area contributed by atoms with Gasteiger partial charge < -0.3 is 14.8 Å². The number of aryl methyl sites for hydroxylation is 1. The van der Waals surface area contributed by atoms with Crippen molar-refractivity contribution in [3.63, 3.8) is 0 Å². The lowest BCUT2D eigenvalue weighted by Gasteiger charge is -2.29. The van der Waals surface area contributed by atoms with Gasteiger partial charge in [-0.05, 0) is 57.4 Å². The van der Waals surface area contributed by atoms with Crippen molar-refractivity contribution >= 4 is 0 Å². The van der Waals surface area contributed by atoms with E-state index in [0.717, 1.165) is 13.0 Å². The van der Waals surface area contributed by atoms with E-state index in [-0.39, 0.29) is 12.3 Å². The fourth-order valence-corrected chi connectivity index (χ4v) is 2.33. The molecule has 0 aliphatic rings. The lowest BCUT2D eigenvalue weighted by Crippen LogP contribution is -2.37. The third-order valence-corrected chi connectivity index (χ3v) is 3.53. The summed E-state index contributed by atoms with van der Waals surface area (Å²) in [5.41, 5.74) is 3.88. The molecule has 1 unspecified atom stereocenters. The van der Waals surface area contributed by atoms with Crippen LogP contribution in [0.5, 0.6) is 0 Å². The summed E-state index contributed by atoms with van der Waals surface area (Å²) >= 11 is 0. The Bertz CT molecular complexity index is 387.